The molecule has 12 aromatic carbocycles. The van der Waals surface area contributed by atoms with Gasteiger partial charge in [-0.15, -0.1) is 34.0 Å². The van der Waals surface area contributed by atoms with Crippen LogP contribution in [0.3, 0.4) is 0 Å². The monoisotopic (exact) mass is 1090 g/mol. The van der Waals surface area contributed by atoms with E-state index in [0.717, 1.165) is 17.1 Å². The molecular formula is C76H52N2S3. The first-order valence-electron chi connectivity index (χ1n) is 28.1. The Morgan fingerprint density at radius 2 is 0.691 bits per heavy atom. The number of aryl methyl sites for hydroxylation is 2. The zero-order chi connectivity index (χ0) is 53.9. The van der Waals surface area contributed by atoms with E-state index < -0.39 is 5.41 Å². The first kappa shape index (κ1) is 47.0. The molecule has 17 rings (SSSR count). The first-order chi connectivity index (χ1) is 39.8. The second-order valence-corrected chi connectivity index (χ2v) is 26.0. The van der Waals surface area contributed by atoms with Crippen LogP contribution in [-0.2, 0) is 10.8 Å². The number of hydrogen-bond acceptors (Lipinski definition) is 5. The zero-order valence-electron chi connectivity index (χ0n) is 45.2. The lowest BCUT2D eigenvalue weighted by molar-refractivity contribution is 0.563. The molecule has 0 aliphatic heterocycles. The van der Waals surface area contributed by atoms with Crippen molar-refractivity contribution in [2.24, 2.45) is 0 Å². The smallest absolute Gasteiger partial charge is 0.0721 e. The second kappa shape index (κ2) is 17.3. The van der Waals surface area contributed by atoms with Crippen molar-refractivity contribution in [1.29, 1.82) is 0 Å². The molecule has 0 saturated carbocycles. The van der Waals surface area contributed by atoms with Gasteiger partial charge in [-0.25, -0.2) is 0 Å². The maximum absolute atomic E-state index is 2.67. The first-order valence-corrected chi connectivity index (χ1v) is 30.5. The van der Waals surface area contributed by atoms with Gasteiger partial charge >= 0.3 is 0 Å². The van der Waals surface area contributed by atoms with Crippen molar-refractivity contribution in [2.45, 2.75) is 38.5 Å². The van der Waals surface area contributed by atoms with Gasteiger partial charge in [0.25, 0.3) is 0 Å². The Balaban J connectivity index is 1.07. The van der Waals surface area contributed by atoms with Crippen molar-refractivity contribution < 1.29 is 0 Å². The van der Waals surface area contributed by atoms with Gasteiger partial charge in [-0.3, -0.25) is 0 Å². The summed E-state index contributed by atoms with van der Waals surface area (Å²) in [6.07, 6.45) is 0. The Bertz CT molecular complexity index is 5080. The van der Waals surface area contributed by atoms with Gasteiger partial charge in [0.1, 0.15) is 0 Å². The molecule has 2 nitrogen and oxygen atoms in total. The Labute approximate surface area is 482 Å². The Hall–Kier alpha value is -8.84. The molecule has 1 spiro atoms. The van der Waals surface area contributed by atoms with Crippen LogP contribution in [-0.4, -0.2) is 0 Å². The van der Waals surface area contributed by atoms with Gasteiger partial charge in [0.05, 0.1) is 37.6 Å². The van der Waals surface area contributed by atoms with E-state index in [1.165, 1.54) is 144 Å². The van der Waals surface area contributed by atoms with Crippen LogP contribution >= 0.6 is 34.0 Å². The van der Waals surface area contributed by atoms with E-state index in [-0.39, 0.29) is 5.41 Å². The van der Waals surface area contributed by atoms with Crippen molar-refractivity contribution in [3.8, 4) is 11.1 Å². The molecule has 3 aromatic heterocycles. The Morgan fingerprint density at radius 1 is 0.296 bits per heavy atom. The molecule has 3 heterocycles. The summed E-state index contributed by atoms with van der Waals surface area (Å²) in [7, 11) is 0. The molecular weight excluding hydrogens is 1040 g/mol. The SMILES string of the molecule is Cc1ccc(N(c2cc3c(c4ccccc24)-c2c(cc(N(c4ccc(C)cc4)c4cccc5c4sc4ccccc45)c4c2sc2ccccc24)C32c3ccccc3C(C)(C)c3ccccc32)c2cccc3c2sc2ccccc23)cc1. The molecule has 0 unspecified atom stereocenters. The predicted molar refractivity (Wildman–Crippen MR) is 351 cm³/mol. The Kier molecular flexibility index (Phi) is 10.1. The number of anilines is 6. The zero-order valence-corrected chi connectivity index (χ0v) is 47.7. The fraction of sp³-hybridized carbons (Fsp3) is 0.0789. The van der Waals surface area contributed by atoms with Crippen molar-refractivity contribution in [1.82, 2.24) is 0 Å². The van der Waals surface area contributed by atoms with Crippen LogP contribution in [0.1, 0.15) is 58.4 Å². The van der Waals surface area contributed by atoms with E-state index >= 15 is 0 Å². The molecule has 0 saturated heterocycles. The lowest BCUT2D eigenvalue weighted by Gasteiger charge is -2.47. The fourth-order valence-electron chi connectivity index (χ4n) is 14.5. The van der Waals surface area contributed by atoms with Crippen molar-refractivity contribution in [3.63, 3.8) is 0 Å². The van der Waals surface area contributed by atoms with Crippen LogP contribution in [0.4, 0.5) is 34.1 Å². The van der Waals surface area contributed by atoms with Gasteiger partial charge in [-0.2, -0.15) is 0 Å². The molecule has 0 bridgehead atoms. The van der Waals surface area contributed by atoms with Gasteiger partial charge in [0.2, 0.25) is 0 Å². The minimum atomic E-state index is -0.754. The molecule has 384 valence electrons. The predicted octanol–water partition coefficient (Wildman–Crippen LogP) is 22.5. The van der Waals surface area contributed by atoms with Crippen LogP contribution in [0.15, 0.2) is 243 Å². The van der Waals surface area contributed by atoms with E-state index in [0.29, 0.717) is 0 Å². The summed E-state index contributed by atoms with van der Waals surface area (Å²) in [5.74, 6) is 0. The third-order valence-electron chi connectivity index (χ3n) is 18.0. The standard InChI is InChI=1S/C76H52N2S3/c1-45-35-39-47(40-36-45)77(62-30-17-24-53-50-20-7-14-32-66(50)79-72(53)62)64-43-60-69(52-22-6-5-19-49(52)64)71-61(76(60)58-28-12-10-26-56(58)75(3,4)57-27-11-13-29-59(57)76)44-65(70-55-23-9-16-34-68(55)81-74(70)71)78(48-41-37-46(2)38-42-48)63-31-18-25-54-51-21-8-15-33-67(51)80-73(54)63/h5-44H,1-4H3. The van der Waals surface area contributed by atoms with E-state index in [4.69, 9.17) is 0 Å². The number of nitrogens with zero attached hydrogens (tertiary/aromatic N) is 2. The molecule has 5 heteroatoms. The molecule has 0 fully saturated rings. The molecule has 0 amide bonds. The molecule has 0 N–H and O–H groups in total. The average Bonchev–Trinajstić information content (AvgIpc) is 2.14. The van der Waals surface area contributed by atoms with Gasteiger partial charge in [-0.1, -0.05) is 201 Å². The number of rotatable bonds is 6. The minimum absolute atomic E-state index is 0.291. The lowest BCUT2D eigenvalue weighted by Crippen LogP contribution is -2.40. The van der Waals surface area contributed by atoms with Crippen molar-refractivity contribution >= 4 is 139 Å². The Morgan fingerprint density at radius 3 is 1.23 bits per heavy atom. The topological polar surface area (TPSA) is 6.48 Å². The summed E-state index contributed by atoms with van der Waals surface area (Å²) in [5, 5.41) is 10.2. The maximum atomic E-state index is 2.67. The average molecular weight is 1090 g/mol. The van der Waals surface area contributed by atoms with E-state index in [1.54, 1.807) is 0 Å². The highest BCUT2D eigenvalue weighted by molar-refractivity contribution is 7.27. The third kappa shape index (κ3) is 6.48. The van der Waals surface area contributed by atoms with Crippen LogP contribution < -0.4 is 9.80 Å². The van der Waals surface area contributed by atoms with Crippen LogP contribution in [0.2, 0.25) is 0 Å². The molecule has 0 atom stereocenters. The highest BCUT2D eigenvalue weighted by atomic mass is 32.1. The van der Waals surface area contributed by atoms with Crippen LogP contribution in [0.5, 0.6) is 0 Å². The van der Waals surface area contributed by atoms with Crippen molar-refractivity contribution in [2.75, 3.05) is 9.80 Å². The van der Waals surface area contributed by atoms with Crippen molar-refractivity contribution in [3.05, 3.63) is 287 Å². The van der Waals surface area contributed by atoms with E-state index in [9.17, 15) is 0 Å². The normalized spacial score (nSPS) is 13.9. The summed E-state index contributed by atoms with van der Waals surface area (Å²) in [6, 6.07) is 92.8. The van der Waals surface area contributed by atoms with Crippen LogP contribution in [0, 0.1) is 13.8 Å². The number of hydrogen-bond donors (Lipinski definition) is 0. The highest BCUT2D eigenvalue weighted by Crippen LogP contribution is 2.68. The third-order valence-corrected chi connectivity index (χ3v) is 21.6. The summed E-state index contributed by atoms with van der Waals surface area (Å²) in [5.41, 5.74) is 19.0. The number of benzene rings is 12. The molecule has 81 heavy (non-hydrogen) atoms. The maximum Gasteiger partial charge on any atom is 0.0721 e. The highest BCUT2D eigenvalue weighted by Gasteiger charge is 2.55. The quantitative estimate of drug-likeness (QED) is 0.164. The minimum Gasteiger partial charge on any atom is -0.308 e. The van der Waals surface area contributed by atoms with E-state index in [1.807, 2.05) is 34.0 Å². The largest absolute Gasteiger partial charge is 0.308 e. The molecule has 15 aromatic rings. The number of fused-ring (bicyclic) bond motifs is 21. The molecule has 2 aliphatic carbocycles. The van der Waals surface area contributed by atoms with Crippen LogP contribution in [0.25, 0.3) is 82.4 Å². The summed E-state index contributed by atoms with van der Waals surface area (Å²) >= 11 is 5.75. The number of thiophene rings is 3. The fourth-order valence-corrected chi connectivity index (χ4v) is 18.1. The molecule has 0 radical (unpaired) electrons. The van der Waals surface area contributed by atoms with Gasteiger partial charge < -0.3 is 9.80 Å². The summed E-state index contributed by atoms with van der Waals surface area (Å²) in [4.78, 5) is 5.21. The molecule has 2 aliphatic rings. The lowest BCUT2D eigenvalue weighted by atomic mass is 9.55. The van der Waals surface area contributed by atoms with Gasteiger partial charge in [0, 0.05) is 78.9 Å². The summed E-state index contributed by atoms with van der Waals surface area (Å²) < 4.78 is 7.73. The second-order valence-electron chi connectivity index (χ2n) is 22.8. The van der Waals surface area contributed by atoms with Gasteiger partial charge in [-0.05, 0) is 125 Å². The van der Waals surface area contributed by atoms with E-state index in [2.05, 4.69) is 280 Å². The van der Waals surface area contributed by atoms with Gasteiger partial charge in [0.15, 0.2) is 0 Å². The summed E-state index contributed by atoms with van der Waals surface area (Å²) in [6.45, 7) is 9.27.